The number of amidine groups is 1. The number of nitrogens with one attached hydrogen (secondary N) is 1. The molecule has 1 spiro atoms. The van der Waals surface area contributed by atoms with Gasteiger partial charge < -0.3 is 19.3 Å². The second-order valence-corrected chi connectivity index (χ2v) is 10.6. The number of ether oxygens (including phenoxy) is 2. The lowest BCUT2D eigenvalue weighted by Gasteiger charge is -2.29. The van der Waals surface area contributed by atoms with Crippen molar-refractivity contribution in [2.24, 2.45) is 0 Å². The van der Waals surface area contributed by atoms with Gasteiger partial charge in [0.1, 0.15) is 18.5 Å². The number of aromatic nitrogens is 3. The maximum absolute atomic E-state index is 12.9. The first-order valence-corrected chi connectivity index (χ1v) is 12.9. The highest BCUT2D eigenvalue weighted by atomic mass is 19.4. The van der Waals surface area contributed by atoms with Gasteiger partial charge in [0.15, 0.2) is 12.4 Å². The Morgan fingerprint density at radius 3 is 2.54 bits per heavy atom. The third-order valence-electron chi connectivity index (χ3n) is 7.40. The van der Waals surface area contributed by atoms with Crippen molar-refractivity contribution < 1.29 is 22.6 Å². The second kappa shape index (κ2) is 9.98. The molecule has 1 N–H and O–H groups in total. The molecular formula is C26H33F3N6O2. The first-order valence-electron chi connectivity index (χ1n) is 12.9. The molecule has 2 aliphatic carbocycles. The predicted octanol–water partition coefficient (Wildman–Crippen LogP) is 5.49. The molecule has 0 radical (unpaired) electrons. The molecule has 3 heterocycles. The minimum atomic E-state index is -4.44. The highest BCUT2D eigenvalue weighted by molar-refractivity contribution is 5.71. The largest absolute Gasteiger partial charge is 0.474 e. The number of hydrogen-bond acceptors (Lipinski definition) is 7. The van der Waals surface area contributed by atoms with E-state index in [1.54, 1.807) is 26.2 Å². The van der Waals surface area contributed by atoms with E-state index in [2.05, 4.69) is 14.9 Å². The molecule has 8 nitrogen and oxygen atoms in total. The maximum Gasteiger partial charge on any atom is 0.406 e. The molecule has 3 aliphatic rings. The van der Waals surface area contributed by atoms with E-state index in [1.807, 2.05) is 12.1 Å². The van der Waals surface area contributed by atoms with Crippen LogP contribution in [-0.2, 0) is 16.8 Å². The molecule has 0 bridgehead atoms. The zero-order chi connectivity index (χ0) is 26.2. The van der Waals surface area contributed by atoms with Crippen LogP contribution in [-0.4, -0.2) is 57.3 Å². The SMILES string of the molecule is CC(C)N(CC(F)(F)F)C(=N)OCc1ncc2c(n1)N(c1ccc(OC3CCCCC3)nc1)CC21CC1. The average Bonchev–Trinajstić information content (AvgIpc) is 3.58. The van der Waals surface area contributed by atoms with E-state index in [9.17, 15) is 13.2 Å². The number of anilines is 2. The Labute approximate surface area is 214 Å². The van der Waals surface area contributed by atoms with Crippen molar-refractivity contribution in [3.8, 4) is 5.88 Å². The lowest BCUT2D eigenvalue weighted by molar-refractivity contribution is -0.142. The topological polar surface area (TPSA) is 87.5 Å². The summed E-state index contributed by atoms with van der Waals surface area (Å²) < 4.78 is 50.2. The molecule has 37 heavy (non-hydrogen) atoms. The van der Waals surface area contributed by atoms with Crippen molar-refractivity contribution in [1.29, 1.82) is 5.41 Å². The summed E-state index contributed by atoms with van der Waals surface area (Å²) in [6, 6.07) is 2.79. The van der Waals surface area contributed by atoms with Crippen LogP contribution in [0.5, 0.6) is 5.88 Å². The van der Waals surface area contributed by atoms with Crippen molar-refractivity contribution >= 4 is 17.5 Å². The van der Waals surface area contributed by atoms with E-state index in [4.69, 9.17) is 19.9 Å². The van der Waals surface area contributed by atoms with Crippen LogP contribution in [0.4, 0.5) is 24.7 Å². The molecular weight excluding hydrogens is 485 g/mol. The molecule has 2 fully saturated rings. The van der Waals surface area contributed by atoms with Gasteiger partial charge in [-0.1, -0.05) is 6.42 Å². The lowest BCUT2D eigenvalue weighted by Crippen LogP contribution is -2.43. The number of pyridine rings is 1. The number of nitrogens with zero attached hydrogens (tertiary/aromatic N) is 5. The van der Waals surface area contributed by atoms with E-state index < -0.39 is 24.8 Å². The summed E-state index contributed by atoms with van der Waals surface area (Å²) in [6.45, 7) is 2.50. The van der Waals surface area contributed by atoms with Crippen LogP contribution in [0, 0.1) is 5.41 Å². The zero-order valence-electron chi connectivity index (χ0n) is 21.2. The van der Waals surface area contributed by atoms with Crippen LogP contribution in [0.1, 0.15) is 70.2 Å². The Morgan fingerprint density at radius 2 is 1.92 bits per heavy atom. The van der Waals surface area contributed by atoms with Gasteiger partial charge in [-0.15, -0.1) is 0 Å². The maximum atomic E-state index is 12.9. The molecule has 0 saturated heterocycles. The van der Waals surface area contributed by atoms with Crippen LogP contribution in [0.15, 0.2) is 24.5 Å². The first-order chi connectivity index (χ1) is 17.6. The molecule has 5 rings (SSSR count). The third-order valence-corrected chi connectivity index (χ3v) is 7.40. The molecule has 2 aromatic rings. The smallest absolute Gasteiger partial charge is 0.406 e. The Morgan fingerprint density at radius 1 is 1.16 bits per heavy atom. The van der Waals surface area contributed by atoms with E-state index in [0.717, 1.165) is 54.2 Å². The Hall–Kier alpha value is -3.11. The van der Waals surface area contributed by atoms with Gasteiger partial charge in [0, 0.05) is 35.8 Å². The minimum Gasteiger partial charge on any atom is -0.474 e. The molecule has 2 aromatic heterocycles. The van der Waals surface area contributed by atoms with Gasteiger partial charge in [0.25, 0.3) is 6.02 Å². The molecule has 0 amide bonds. The minimum absolute atomic E-state index is 0.0276. The highest BCUT2D eigenvalue weighted by Gasteiger charge is 2.53. The van der Waals surface area contributed by atoms with E-state index in [-0.39, 0.29) is 18.1 Å². The average molecular weight is 519 g/mol. The van der Waals surface area contributed by atoms with Gasteiger partial charge in [0.05, 0.1) is 11.9 Å². The third kappa shape index (κ3) is 5.75. The van der Waals surface area contributed by atoms with Crippen molar-refractivity contribution in [2.75, 3.05) is 18.0 Å². The Balaban J connectivity index is 1.29. The zero-order valence-corrected chi connectivity index (χ0v) is 21.2. The molecule has 200 valence electrons. The van der Waals surface area contributed by atoms with Crippen LogP contribution in [0.2, 0.25) is 0 Å². The van der Waals surface area contributed by atoms with Gasteiger partial charge in [-0.3, -0.25) is 5.41 Å². The van der Waals surface area contributed by atoms with Crippen LogP contribution in [0.3, 0.4) is 0 Å². The lowest BCUT2D eigenvalue weighted by atomic mass is 9.98. The van der Waals surface area contributed by atoms with E-state index in [0.29, 0.717) is 11.7 Å². The van der Waals surface area contributed by atoms with Crippen LogP contribution < -0.4 is 9.64 Å². The Kier molecular flexibility index (Phi) is 6.89. The molecule has 0 unspecified atom stereocenters. The summed E-state index contributed by atoms with van der Waals surface area (Å²) >= 11 is 0. The number of rotatable bonds is 7. The fraction of sp³-hybridized carbons (Fsp3) is 0.615. The van der Waals surface area contributed by atoms with Crippen molar-refractivity contribution in [3.63, 3.8) is 0 Å². The standard InChI is InChI=1S/C26H33F3N6O2/c1-17(2)34(16-26(27,28)29)24(30)36-14-21-31-13-20-23(33-21)35(15-25(20)10-11-25)18-8-9-22(32-12-18)37-19-6-4-3-5-7-19/h8-9,12-13,17,19,30H,3-7,10-11,14-16H2,1-2H3. The number of hydrogen-bond donors (Lipinski definition) is 1. The number of alkyl halides is 3. The summed E-state index contributed by atoms with van der Waals surface area (Å²) in [5.41, 5.74) is 1.99. The molecule has 11 heteroatoms. The van der Waals surface area contributed by atoms with Crippen LogP contribution in [0.25, 0.3) is 0 Å². The monoisotopic (exact) mass is 518 g/mol. The highest BCUT2D eigenvalue weighted by Crippen LogP contribution is 2.57. The predicted molar refractivity (Wildman–Crippen MR) is 132 cm³/mol. The van der Waals surface area contributed by atoms with Gasteiger partial charge in [-0.25, -0.2) is 15.0 Å². The normalized spacial score (nSPS) is 18.7. The first kappa shape index (κ1) is 25.5. The van der Waals surface area contributed by atoms with Gasteiger partial charge in [-0.2, -0.15) is 13.2 Å². The summed E-state index contributed by atoms with van der Waals surface area (Å²) in [7, 11) is 0. The summed E-state index contributed by atoms with van der Waals surface area (Å²) in [5, 5.41) is 8.04. The second-order valence-electron chi connectivity index (χ2n) is 10.6. The van der Waals surface area contributed by atoms with Gasteiger partial charge in [-0.05, 0) is 58.4 Å². The summed E-state index contributed by atoms with van der Waals surface area (Å²) in [6.07, 6.45) is 7.27. The summed E-state index contributed by atoms with van der Waals surface area (Å²) in [4.78, 5) is 16.6. The fourth-order valence-electron chi connectivity index (χ4n) is 5.17. The fourth-order valence-corrected chi connectivity index (χ4v) is 5.17. The quantitative estimate of drug-likeness (QED) is 0.383. The van der Waals surface area contributed by atoms with Gasteiger partial charge >= 0.3 is 6.18 Å². The number of fused-ring (bicyclic) bond motifs is 2. The Bertz CT molecular complexity index is 1110. The van der Waals surface area contributed by atoms with Crippen molar-refractivity contribution in [2.45, 2.75) is 89.1 Å². The molecule has 1 aliphatic heterocycles. The molecule has 0 atom stereocenters. The summed E-state index contributed by atoms with van der Waals surface area (Å²) in [5.74, 6) is 1.70. The van der Waals surface area contributed by atoms with E-state index in [1.165, 1.54) is 19.3 Å². The number of halogens is 3. The molecule has 2 saturated carbocycles. The van der Waals surface area contributed by atoms with Crippen molar-refractivity contribution in [1.82, 2.24) is 19.9 Å². The van der Waals surface area contributed by atoms with Gasteiger partial charge in [0.2, 0.25) is 5.88 Å². The van der Waals surface area contributed by atoms with Crippen LogP contribution >= 0.6 is 0 Å². The van der Waals surface area contributed by atoms with Crippen molar-refractivity contribution in [3.05, 3.63) is 35.9 Å². The van der Waals surface area contributed by atoms with E-state index >= 15 is 0 Å². The molecule has 0 aromatic carbocycles.